The molecule has 0 radical (unpaired) electrons. The molecule has 7 nitrogen and oxygen atoms in total. The Hall–Kier alpha value is -3.29. The average molecular weight is 450 g/mol. The van der Waals surface area contributed by atoms with Crippen LogP contribution in [0.1, 0.15) is 5.56 Å². The highest BCUT2D eigenvalue weighted by atomic mass is 35.5. The molecule has 0 aliphatic carbocycles. The lowest BCUT2D eigenvalue weighted by Gasteiger charge is -2.23. The van der Waals surface area contributed by atoms with E-state index in [1.165, 1.54) is 5.56 Å². The van der Waals surface area contributed by atoms with Crippen molar-refractivity contribution in [1.29, 1.82) is 0 Å². The van der Waals surface area contributed by atoms with Gasteiger partial charge in [0, 0.05) is 48.5 Å². The lowest BCUT2D eigenvalue weighted by atomic mass is 10.1. The second kappa shape index (κ2) is 9.06. The van der Waals surface area contributed by atoms with Crippen molar-refractivity contribution in [3.8, 4) is 11.3 Å². The third-order valence-corrected chi connectivity index (χ3v) is 5.78. The second-order valence-corrected chi connectivity index (χ2v) is 8.62. The van der Waals surface area contributed by atoms with Crippen LogP contribution in [0.15, 0.2) is 48.8 Å². The molecule has 2 aromatic heterocycles. The first-order valence-corrected chi connectivity index (χ1v) is 10.8. The summed E-state index contributed by atoms with van der Waals surface area (Å²) >= 11 is 6.47. The highest BCUT2D eigenvalue weighted by molar-refractivity contribution is 6.33. The summed E-state index contributed by atoms with van der Waals surface area (Å²) in [5.41, 5.74) is 12.7. The molecule has 0 amide bonds. The highest BCUT2D eigenvalue weighted by Crippen LogP contribution is 2.34. The molecule has 166 valence electrons. The topological polar surface area (TPSA) is 86.1 Å². The minimum atomic E-state index is 0.458. The van der Waals surface area contributed by atoms with Gasteiger partial charge in [-0.2, -0.15) is 0 Å². The van der Waals surface area contributed by atoms with E-state index in [1.807, 2.05) is 37.5 Å². The maximum Gasteiger partial charge on any atom is 0.227 e. The van der Waals surface area contributed by atoms with Gasteiger partial charge in [-0.15, -0.1) is 0 Å². The van der Waals surface area contributed by atoms with E-state index in [0.29, 0.717) is 22.4 Å². The molecule has 2 aromatic carbocycles. The lowest BCUT2D eigenvalue weighted by Crippen LogP contribution is -2.28. The monoisotopic (exact) mass is 449 g/mol. The first kappa shape index (κ1) is 21.9. The van der Waals surface area contributed by atoms with Crippen molar-refractivity contribution < 1.29 is 0 Å². The van der Waals surface area contributed by atoms with Crippen LogP contribution >= 0.6 is 11.6 Å². The number of aryl methyl sites for hydroxylation is 1. The molecule has 0 fully saturated rings. The summed E-state index contributed by atoms with van der Waals surface area (Å²) in [6, 6.07) is 12.0. The Kier molecular flexibility index (Phi) is 6.21. The molecule has 4 aromatic rings. The average Bonchev–Trinajstić information content (AvgIpc) is 3.19. The second-order valence-electron chi connectivity index (χ2n) is 8.21. The van der Waals surface area contributed by atoms with Crippen LogP contribution in [-0.4, -0.2) is 54.1 Å². The number of likely N-dealkylation sites (N-methyl/N-ethyl adjacent to an activating group) is 2. The zero-order chi connectivity index (χ0) is 22.8. The highest BCUT2D eigenvalue weighted by Gasteiger charge is 2.14. The normalized spacial score (nSPS) is 11.3. The third kappa shape index (κ3) is 4.49. The number of nitrogens with zero attached hydrogens (tertiary/aromatic N) is 4. The van der Waals surface area contributed by atoms with Crippen LogP contribution in [0.25, 0.3) is 22.2 Å². The molecule has 2 heterocycles. The number of nitrogens with one attached hydrogen (secondary N) is 2. The van der Waals surface area contributed by atoms with Gasteiger partial charge in [0.2, 0.25) is 5.95 Å². The first-order valence-electron chi connectivity index (χ1n) is 10.5. The number of halogens is 1. The summed E-state index contributed by atoms with van der Waals surface area (Å²) < 4.78 is 0. The van der Waals surface area contributed by atoms with Crippen molar-refractivity contribution in [2.45, 2.75) is 6.92 Å². The Morgan fingerprint density at radius 2 is 1.94 bits per heavy atom. The van der Waals surface area contributed by atoms with Gasteiger partial charge in [-0.3, -0.25) is 0 Å². The molecule has 4 rings (SSSR count). The molecular formula is C24H28ClN7. The van der Waals surface area contributed by atoms with Crippen LogP contribution in [0.2, 0.25) is 5.02 Å². The Bertz CT molecular complexity index is 1250. The van der Waals surface area contributed by atoms with Crippen molar-refractivity contribution in [2.24, 2.45) is 0 Å². The summed E-state index contributed by atoms with van der Waals surface area (Å²) in [6.07, 6.45) is 3.56. The van der Waals surface area contributed by atoms with E-state index in [-0.39, 0.29) is 0 Å². The van der Waals surface area contributed by atoms with Crippen LogP contribution < -0.4 is 16.0 Å². The first-order chi connectivity index (χ1) is 15.3. The number of nitrogen functional groups attached to an aromatic ring is 1. The molecule has 0 aliphatic rings. The maximum absolute atomic E-state index is 6.47. The predicted molar refractivity (Wildman–Crippen MR) is 135 cm³/mol. The fraction of sp³-hybridized carbons (Fsp3) is 0.250. The van der Waals surface area contributed by atoms with Crippen LogP contribution in [-0.2, 0) is 0 Å². The van der Waals surface area contributed by atoms with E-state index >= 15 is 0 Å². The fourth-order valence-corrected chi connectivity index (χ4v) is 3.89. The quantitative estimate of drug-likeness (QED) is 0.347. The Morgan fingerprint density at radius 1 is 1.12 bits per heavy atom. The summed E-state index contributed by atoms with van der Waals surface area (Å²) in [7, 11) is 6.16. The summed E-state index contributed by atoms with van der Waals surface area (Å²) in [5.74, 6) is 0.458. The number of fused-ring (bicyclic) bond motifs is 1. The van der Waals surface area contributed by atoms with Gasteiger partial charge < -0.3 is 25.8 Å². The molecule has 32 heavy (non-hydrogen) atoms. The smallest absolute Gasteiger partial charge is 0.227 e. The van der Waals surface area contributed by atoms with Crippen molar-refractivity contribution in [2.75, 3.05) is 50.2 Å². The predicted octanol–water partition coefficient (Wildman–Crippen LogP) is 4.91. The number of benzene rings is 2. The molecular weight excluding hydrogens is 422 g/mol. The van der Waals surface area contributed by atoms with Crippen molar-refractivity contribution in [3.05, 3.63) is 59.4 Å². The van der Waals surface area contributed by atoms with E-state index in [4.69, 9.17) is 22.3 Å². The number of anilines is 4. The molecule has 0 saturated heterocycles. The molecule has 0 aliphatic heterocycles. The van der Waals surface area contributed by atoms with Crippen LogP contribution in [0, 0.1) is 6.92 Å². The third-order valence-electron chi connectivity index (χ3n) is 5.50. The van der Waals surface area contributed by atoms with Gasteiger partial charge in [-0.25, -0.2) is 9.97 Å². The van der Waals surface area contributed by atoms with Crippen LogP contribution in [0.5, 0.6) is 0 Å². The van der Waals surface area contributed by atoms with Gasteiger partial charge in [0.25, 0.3) is 0 Å². The van der Waals surface area contributed by atoms with E-state index in [0.717, 1.165) is 40.9 Å². The van der Waals surface area contributed by atoms with E-state index in [1.54, 1.807) is 6.20 Å². The van der Waals surface area contributed by atoms with Crippen molar-refractivity contribution >= 4 is 45.5 Å². The lowest BCUT2D eigenvalue weighted by molar-refractivity contribution is 0.416. The number of aromatic amines is 1. The molecule has 0 saturated carbocycles. The van der Waals surface area contributed by atoms with E-state index < -0.39 is 0 Å². The number of aromatic nitrogens is 3. The number of hydrogen-bond acceptors (Lipinski definition) is 6. The maximum atomic E-state index is 6.47. The van der Waals surface area contributed by atoms with Crippen molar-refractivity contribution in [3.63, 3.8) is 0 Å². The number of rotatable bonds is 7. The molecule has 0 spiro atoms. The summed E-state index contributed by atoms with van der Waals surface area (Å²) in [5, 5.41) is 4.82. The molecule has 0 bridgehead atoms. The standard InChI is InChI=1S/C24H28ClN7/c1-15-6-5-7-17-18(13-27-22(15)17)23-19(25)14-28-24(30-23)29-16-8-9-21(20(26)12-16)32(4)11-10-31(2)3/h5-9,12-14,27H,10-11,26H2,1-4H3,(H,28,29,30). The van der Waals surface area contributed by atoms with Crippen molar-refractivity contribution in [1.82, 2.24) is 19.9 Å². The molecule has 0 atom stereocenters. The van der Waals surface area contributed by atoms with Crippen LogP contribution in [0.4, 0.5) is 23.0 Å². The zero-order valence-corrected chi connectivity index (χ0v) is 19.5. The Balaban J connectivity index is 1.59. The molecule has 0 unspecified atom stereocenters. The molecule has 4 N–H and O–H groups in total. The minimum absolute atomic E-state index is 0.458. The largest absolute Gasteiger partial charge is 0.397 e. The van der Waals surface area contributed by atoms with Gasteiger partial charge >= 0.3 is 0 Å². The fourth-order valence-electron chi connectivity index (χ4n) is 3.70. The van der Waals surface area contributed by atoms with Gasteiger partial charge in [-0.05, 0) is 44.8 Å². The van der Waals surface area contributed by atoms with E-state index in [2.05, 4.69) is 58.2 Å². The SMILES string of the molecule is Cc1cccc2c(-c3nc(Nc4ccc(N(C)CCN(C)C)c(N)c4)ncc3Cl)c[nH]c12. The number of para-hydroxylation sites is 1. The van der Waals surface area contributed by atoms with Gasteiger partial charge in [-0.1, -0.05) is 29.8 Å². The van der Waals surface area contributed by atoms with Gasteiger partial charge in [0.05, 0.1) is 28.3 Å². The Labute approximate surface area is 193 Å². The number of hydrogen-bond donors (Lipinski definition) is 3. The van der Waals surface area contributed by atoms with Gasteiger partial charge in [0.1, 0.15) is 0 Å². The van der Waals surface area contributed by atoms with E-state index in [9.17, 15) is 0 Å². The number of nitrogens with two attached hydrogens (primary N) is 1. The molecule has 8 heteroatoms. The summed E-state index contributed by atoms with van der Waals surface area (Å²) in [4.78, 5) is 16.7. The zero-order valence-electron chi connectivity index (χ0n) is 18.8. The minimum Gasteiger partial charge on any atom is -0.397 e. The summed E-state index contributed by atoms with van der Waals surface area (Å²) in [6.45, 7) is 3.91. The number of H-pyrrole nitrogens is 1. The van der Waals surface area contributed by atoms with Gasteiger partial charge in [0.15, 0.2) is 0 Å². The van der Waals surface area contributed by atoms with Crippen LogP contribution in [0.3, 0.4) is 0 Å². The Morgan fingerprint density at radius 3 is 2.69 bits per heavy atom.